The molecule has 1 aliphatic carbocycles. The van der Waals surface area contributed by atoms with Gasteiger partial charge in [-0.3, -0.25) is 14.5 Å². The highest BCUT2D eigenvalue weighted by atomic mass is 35.5. The number of anilines is 3. The number of carbonyl (C=O) groups excluding carboxylic acids is 2. The number of nitrogens with zero attached hydrogens (tertiary/aromatic N) is 2. The number of amides is 2. The molecule has 0 aromatic heterocycles. The van der Waals surface area contributed by atoms with Crippen LogP contribution >= 0.6 is 11.6 Å². The van der Waals surface area contributed by atoms with Crippen molar-refractivity contribution in [2.75, 3.05) is 23.4 Å². The number of rotatable bonds is 7. The first-order chi connectivity index (χ1) is 15.6. The molecule has 1 saturated carbocycles. The Balaban J connectivity index is 1.43. The molecule has 5 nitrogen and oxygen atoms in total. The molecule has 1 fully saturated rings. The Morgan fingerprint density at radius 1 is 1.00 bits per heavy atom. The van der Waals surface area contributed by atoms with Gasteiger partial charge in [0.1, 0.15) is 0 Å². The van der Waals surface area contributed by atoms with Gasteiger partial charge in [0.05, 0.1) is 22.6 Å². The lowest BCUT2D eigenvalue weighted by atomic mass is 9.95. The standard InChI is InChI=1S/C26H32ClN3O2/c1-29-24-18-19(27)15-16-23(24)30(22-13-8-7-12-21(22)26(29)32)25(31)14-6-3-9-17-28-20-10-4-2-5-11-20/h7-8,12-13,15-16,18,20,28H,2-6,9-11,14,17H2,1H3. The molecule has 2 amide bonds. The number of benzene rings is 2. The molecule has 2 aliphatic rings. The first kappa shape index (κ1) is 22.8. The van der Waals surface area contributed by atoms with E-state index >= 15 is 0 Å². The Morgan fingerprint density at radius 3 is 2.59 bits per heavy atom. The third kappa shape index (κ3) is 5.00. The normalized spacial score (nSPS) is 16.5. The van der Waals surface area contributed by atoms with E-state index in [0.717, 1.165) is 25.8 Å². The monoisotopic (exact) mass is 453 g/mol. The summed E-state index contributed by atoms with van der Waals surface area (Å²) in [4.78, 5) is 29.8. The second kappa shape index (κ2) is 10.5. The van der Waals surface area contributed by atoms with Gasteiger partial charge in [0.25, 0.3) is 5.91 Å². The van der Waals surface area contributed by atoms with Crippen LogP contribution in [0.25, 0.3) is 0 Å². The molecule has 1 heterocycles. The van der Waals surface area contributed by atoms with Crippen molar-refractivity contribution in [1.29, 1.82) is 0 Å². The molecule has 1 N–H and O–H groups in total. The number of hydrogen-bond donors (Lipinski definition) is 1. The van der Waals surface area contributed by atoms with E-state index in [-0.39, 0.29) is 11.8 Å². The number of para-hydroxylation sites is 1. The molecule has 0 atom stereocenters. The van der Waals surface area contributed by atoms with Crippen LogP contribution < -0.4 is 15.1 Å². The topological polar surface area (TPSA) is 52.7 Å². The van der Waals surface area contributed by atoms with Gasteiger partial charge in [-0.05, 0) is 62.6 Å². The Labute approximate surface area is 195 Å². The first-order valence-corrected chi connectivity index (χ1v) is 12.2. The first-order valence-electron chi connectivity index (χ1n) is 11.8. The molecule has 32 heavy (non-hydrogen) atoms. The van der Waals surface area contributed by atoms with Crippen molar-refractivity contribution in [2.45, 2.75) is 63.8 Å². The number of halogens is 1. The van der Waals surface area contributed by atoms with Crippen molar-refractivity contribution in [2.24, 2.45) is 0 Å². The molecule has 2 aromatic carbocycles. The zero-order valence-electron chi connectivity index (χ0n) is 18.8. The summed E-state index contributed by atoms with van der Waals surface area (Å²) in [6.45, 7) is 1.02. The maximum Gasteiger partial charge on any atom is 0.260 e. The minimum Gasteiger partial charge on any atom is -0.314 e. The average Bonchev–Trinajstić information content (AvgIpc) is 2.90. The second-order valence-corrected chi connectivity index (χ2v) is 9.28. The molecule has 6 heteroatoms. The van der Waals surface area contributed by atoms with Gasteiger partial charge in [-0.1, -0.05) is 49.4 Å². The summed E-state index contributed by atoms with van der Waals surface area (Å²) in [5, 5.41) is 4.21. The molecule has 0 bridgehead atoms. The van der Waals surface area contributed by atoms with Crippen LogP contribution in [0.2, 0.25) is 5.02 Å². The van der Waals surface area contributed by atoms with E-state index in [1.165, 1.54) is 32.1 Å². The highest BCUT2D eigenvalue weighted by Gasteiger charge is 2.32. The number of fused-ring (bicyclic) bond motifs is 2. The number of hydrogen-bond acceptors (Lipinski definition) is 3. The molecule has 0 radical (unpaired) electrons. The van der Waals surface area contributed by atoms with Crippen LogP contribution in [0.1, 0.15) is 68.1 Å². The molecule has 2 aromatic rings. The summed E-state index contributed by atoms with van der Waals surface area (Å²) >= 11 is 6.22. The van der Waals surface area contributed by atoms with Gasteiger partial charge in [-0.25, -0.2) is 0 Å². The number of unbranched alkanes of at least 4 members (excludes halogenated alkanes) is 2. The van der Waals surface area contributed by atoms with Crippen LogP contribution in [-0.2, 0) is 4.79 Å². The fourth-order valence-corrected chi connectivity index (χ4v) is 4.96. The zero-order valence-corrected chi connectivity index (χ0v) is 19.5. The number of carbonyl (C=O) groups is 2. The van der Waals surface area contributed by atoms with Gasteiger partial charge >= 0.3 is 0 Å². The van der Waals surface area contributed by atoms with Gasteiger partial charge in [0.15, 0.2) is 0 Å². The van der Waals surface area contributed by atoms with Crippen molar-refractivity contribution in [3.63, 3.8) is 0 Å². The van der Waals surface area contributed by atoms with E-state index in [0.29, 0.717) is 40.1 Å². The lowest BCUT2D eigenvalue weighted by molar-refractivity contribution is -0.118. The fraction of sp³-hybridized carbons (Fsp3) is 0.462. The largest absolute Gasteiger partial charge is 0.314 e. The molecule has 170 valence electrons. The number of nitrogens with one attached hydrogen (secondary N) is 1. The van der Waals surface area contributed by atoms with E-state index in [2.05, 4.69) is 5.32 Å². The molecule has 0 saturated heterocycles. The van der Waals surface area contributed by atoms with E-state index in [1.54, 1.807) is 35.0 Å². The minimum absolute atomic E-state index is 0.00404. The molecular weight excluding hydrogens is 422 g/mol. The van der Waals surface area contributed by atoms with Crippen molar-refractivity contribution in [3.05, 3.63) is 53.1 Å². The van der Waals surface area contributed by atoms with E-state index in [4.69, 9.17) is 11.6 Å². The Kier molecular flexibility index (Phi) is 7.48. The van der Waals surface area contributed by atoms with Crippen LogP contribution in [0, 0.1) is 0 Å². The average molecular weight is 454 g/mol. The van der Waals surface area contributed by atoms with Crippen molar-refractivity contribution in [3.8, 4) is 0 Å². The predicted octanol–water partition coefficient (Wildman–Crippen LogP) is 6.08. The lowest BCUT2D eigenvalue weighted by Gasteiger charge is -2.25. The SMILES string of the molecule is CN1C(=O)c2ccccc2N(C(=O)CCCCCNC2CCCCC2)c2ccc(Cl)cc21. The zero-order chi connectivity index (χ0) is 22.5. The van der Waals surface area contributed by atoms with Gasteiger partial charge in [0.2, 0.25) is 5.91 Å². The summed E-state index contributed by atoms with van der Waals surface area (Å²) in [5.74, 6) is -0.141. The van der Waals surface area contributed by atoms with Crippen LogP contribution in [0.5, 0.6) is 0 Å². The molecule has 0 unspecified atom stereocenters. The summed E-state index contributed by atoms with van der Waals surface area (Å²) in [6, 6.07) is 13.3. The maximum absolute atomic E-state index is 13.4. The summed E-state index contributed by atoms with van der Waals surface area (Å²) in [7, 11) is 1.72. The third-order valence-corrected chi connectivity index (χ3v) is 6.81. The van der Waals surface area contributed by atoms with Crippen LogP contribution in [0.3, 0.4) is 0 Å². The molecule has 1 aliphatic heterocycles. The van der Waals surface area contributed by atoms with Crippen molar-refractivity contribution < 1.29 is 9.59 Å². The maximum atomic E-state index is 13.4. The smallest absolute Gasteiger partial charge is 0.260 e. The van der Waals surface area contributed by atoms with E-state index < -0.39 is 0 Å². The van der Waals surface area contributed by atoms with Crippen molar-refractivity contribution >= 4 is 40.5 Å². The second-order valence-electron chi connectivity index (χ2n) is 8.84. The van der Waals surface area contributed by atoms with E-state index in [9.17, 15) is 9.59 Å². The lowest BCUT2D eigenvalue weighted by Crippen LogP contribution is -2.31. The molecular formula is C26H32ClN3O2. The highest BCUT2D eigenvalue weighted by molar-refractivity contribution is 6.31. The minimum atomic E-state index is -0.145. The van der Waals surface area contributed by atoms with Crippen LogP contribution in [0.4, 0.5) is 17.1 Å². The third-order valence-electron chi connectivity index (χ3n) is 6.57. The van der Waals surface area contributed by atoms with Gasteiger partial charge in [-0.2, -0.15) is 0 Å². The Bertz CT molecular complexity index is 971. The molecule has 0 spiro atoms. The van der Waals surface area contributed by atoms with E-state index in [1.807, 2.05) is 24.3 Å². The quantitative estimate of drug-likeness (QED) is 0.517. The summed E-state index contributed by atoms with van der Waals surface area (Å²) < 4.78 is 0. The van der Waals surface area contributed by atoms with Crippen LogP contribution in [0.15, 0.2) is 42.5 Å². The van der Waals surface area contributed by atoms with Gasteiger partial charge in [-0.15, -0.1) is 0 Å². The highest BCUT2D eigenvalue weighted by Crippen LogP contribution is 2.41. The predicted molar refractivity (Wildman–Crippen MR) is 131 cm³/mol. The van der Waals surface area contributed by atoms with Gasteiger partial charge in [0, 0.05) is 24.5 Å². The fourth-order valence-electron chi connectivity index (χ4n) is 4.80. The summed E-state index contributed by atoms with van der Waals surface area (Å²) in [6.07, 6.45) is 10.0. The van der Waals surface area contributed by atoms with Crippen molar-refractivity contribution in [1.82, 2.24) is 5.32 Å². The Hall–Kier alpha value is -2.37. The molecule has 4 rings (SSSR count). The van der Waals surface area contributed by atoms with Gasteiger partial charge < -0.3 is 10.2 Å². The Morgan fingerprint density at radius 2 is 1.78 bits per heavy atom. The summed E-state index contributed by atoms with van der Waals surface area (Å²) in [5.41, 5.74) is 2.49. The van der Waals surface area contributed by atoms with Crippen LogP contribution in [-0.4, -0.2) is 31.4 Å².